The van der Waals surface area contributed by atoms with Crippen molar-refractivity contribution in [2.75, 3.05) is 12.1 Å². The standard InChI is InChI=1S/C10H12N4O/c1-5-2-6-7(11)3-8(15)9-10(6)14(5)13-4-12-9/h2,7,13H,3-4,11H2,1H3. The molecule has 0 aromatic carbocycles. The lowest BCUT2D eigenvalue weighted by Gasteiger charge is -2.25. The van der Waals surface area contributed by atoms with Crippen LogP contribution in [0.5, 0.6) is 0 Å². The maximum atomic E-state index is 11.7. The molecular formula is C10H12N4O. The SMILES string of the molecule is Cc1cc2c3n1NCN=C3C(=O)CC2N. The van der Waals surface area contributed by atoms with Crippen molar-refractivity contribution >= 4 is 11.5 Å². The molecule has 1 atom stereocenters. The number of nitrogens with two attached hydrogens (primary N) is 1. The van der Waals surface area contributed by atoms with Gasteiger partial charge >= 0.3 is 0 Å². The second kappa shape index (κ2) is 2.70. The van der Waals surface area contributed by atoms with Crippen LogP contribution in [0.3, 0.4) is 0 Å². The van der Waals surface area contributed by atoms with Gasteiger partial charge in [0.1, 0.15) is 12.4 Å². The van der Waals surface area contributed by atoms with Gasteiger partial charge in [0.25, 0.3) is 0 Å². The van der Waals surface area contributed by atoms with Gasteiger partial charge in [-0.25, -0.2) is 0 Å². The quantitative estimate of drug-likeness (QED) is 0.628. The van der Waals surface area contributed by atoms with E-state index in [4.69, 9.17) is 5.73 Å². The first-order valence-electron chi connectivity index (χ1n) is 4.98. The summed E-state index contributed by atoms with van der Waals surface area (Å²) in [6, 6.07) is 1.84. The summed E-state index contributed by atoms with van der Waals surface area (Å²) in [7, 11) is 0. The van der Waals surface area contributed by atoms with E-state index in [9.17, 15) is 4.79 Å². The molecule has 0 saturated heterocycles. The fourth-order valence-corrected chi connectivity index (χ4v) is 2.28. The average Bonchev–Trinajstić information content (AvgIpc) is 2.55. The van der Waals surface area contributed by atoms with Crippen molar-refractivity contribution in [2.45, 2.75) is 19.4 Å². The van der Waals surface area contributed by atoms with Crippen molar-refractivity contribution in [3.8, 4) is 0 Å². The molecule has 5 nitrogen and oxygen atoms in total. The van der Waals surface area contributed by atoms with Gasteiger partial charge in [-0.2, -0.15) is 0 Å². The Morgan fingerprint density at radius 2 is 2.47 bits per heavy atom. The zero-order chi connectivity index (χ0) is 10.6. The van der Waals surface area contributed by atoms with Crippen LogP contribution in [0.2, 0.25) is 0 Å². The van der Waals surface area contributed by atoms with Crippen molar-refractivity contribution in [1.29, 1.82) is 0 Å². The van der Waals surface area contributed by atoms with Crippen LogP contribution in [0.25, 0.3) is 0 Å². The number of nitrogens with zero attached hydrogens (tertiary/aromatic N) is 2. The number of hydrogen-bond acceptors (Lipinski definition) is 4. The average molecular weight is 204 g/mol. The van der Waals surface area contributed by atoms with Gasteiger partial charge in [0, 0.05) is 18.2 Å². The number of carbonyl (C=O) groups is 1. The lowest BCUT2D eigenvalue weighted by atomic mass is 9.90. The summed E-state index contributed by atoms with van der Waals surface area (Å²) in [6.45, 7) is 2.45. The predicted octanol–water partition coefficient (Wildman–Crippen LogP) is 0.0728. The van der Waals surface area contributed by atoms with Crippen LogP contribution in [0.4, 0.5) is 0 Å². The molecule has 2 aliphatic rings. The second-order valence-corrected chi connectivity index (χ2v) is 3.98. The van der Waals surface area contributed by atoms with E-state index in [2.05, 4.69) is 10.4 Å². The van der Waals surface area contributed by atoms with E-state index < -0.39 is 0 Å². The van der Waals surface area contributed by atoms with E-state index in [-0.39, 0.29) is 11.8 Å². The number of aryl methyl sites for hydroxylation is 1. The predicted molar refractivity (Wildman–Crippen MR) is 56.5 cm³/mol. The highest BCUT2D eigenvalue weighted by Gasteiger charge is 2.33. The van der Waals surface area contributed by atoms with Crippen molar-refractivity contribution < 1.29 is 4.79 Å². The fourth-order valence-electron chi connectivity index (χ4n) is 2.28. The summed E-state index contributed by atoms with van der Waals surface area (Å²) in [6.07, 6.45) is 0.370. The number of carbonyl (C=O) groups excluding carboxylic acids is 1. The van der Waals surface area contributed by atoms with Crippen LogP contribution in [-0.2, 0) is 4.79 Å². The summed E-state index contributed by atoms with van der Waals surface area (Å²) in [4.78, 5) is 16.0. The zero-order valence-corrected chi connectivity index (χ0v) is 8.45. The Morgan fingerprint density at radius 1 is 1.67 bits per heavy atom. The van der Waals surface area contributed by atoms with Crippen LogP contribution < -0.4 is 11.2 Å². The van der Waals surface area contributed by atoms with Gasteiger partial charge in [-0.1, -0.05) is 0 Å². The third kappa shape index (κ3) is 1.01. The van der Waals surface area contributed by atoms with Crippen LogP contribution in [0, 0.1) is 6.92 Å². The van der Waals surface area contributed by atoms with Gasteiger partial charge in [0.05, 0.1) is 5.69 Å². The Morgan fingerprint density at radius 3 is 3.27 bits per heavy atom. The molecule has 1 unspecified atom stereocenters. The Balaban J connectivity index is 2.31. The van der Waals surface area contributed by atoms with Crippen LogP contribution in [0.1, 0.15) is 29.4 Å². The Hall–Kier alpha value is -1.62. The highest BCUT2D eigenvalue weighted by Crippen LogP contribution is 2.30. The molecule has 0 fully saturated rings. The fraction of sp³-hybridized carbons (Fsp3) is 0.400. The van der Waals surface area contributed by atoms with Gasteiger partial charge < -0.3 is 11.2 Å². The first-order valence-corrected chi connectivity index (χ1v) is 4.98. The molecule has 0 bridgehead atoms. The Labute approximate surface area is 86.9 Å². The van der Waals surface area contributed by atoms with Crippen LogP contribution in [-0.4, -0.2) is 22.8 Å². The van der Waals surface area contributed by atoms with E-state index in [1.54, 1.807) is 0 Å². The van der Waals surface area contributed by atoms with E-state index in [1.807, 2.05) is 17.7 Å². The molecule has 3 N–H and O–H groups in total. The summed E-state index contributed by atoms with van der Waals surface area (Å²) < 4.78 is 1.91. The third-order valence-electron chi connectivity index (χ3n) is 2.97. The molecule has 78 valence electrons. The largest absolute Gasteiger partial charge is 0.324 e. The minimum absolute atomic E-state index is 0.0517. The van der Waals surface area contributed by atoms with Gasteiger partial charge in [0.2, 0.25) is 0 Å². The maximum absolute atomic E-state index is 11.7. The number of aromatic nitrogens is 1. The highest BCUT2D eigenvalue weighted by atomic mass is 16.1. The molecule has 2 heterocycles. The molecule has 15 heavy (non-hydrogen) atoms. The second-order valence-electron chi connectivity index (χ2n) is 3.98. The van der Waals surface area contributed by atoms with Crippen molar-refractivity contribution in [2.24, 2.45) is 10.7 Å². The minimum Gasteiger partial charge on any atom is -0.324 e. The van der Waals surface area contributed by atoms with Crippen LogP contribution in [0.15, 0.2) is 11.1 Å². The summed E-state index contributed by atoms with van der Waals surface area (Å²) >= 11 is 0. The van der Waals surface area contributed by atoms with Crippen molar-refractivity contribution in [3.05, 3.63) is 23.0 Å². The van der Waals surface area contributed by atoms with Gasteiger partial charge in [0.15, 0.2) is 5.78 Å². The number of aliphatic imine (C=N–C) groups is 1. The van der Waals surface area contributed by atoms with Gasteiger partial charge in [-0.3, -0.25) is 14.5 Å². The van der Waals surface area contributed by atoms with E-state index in [1.165, 1.54) is 0 Å². The van der Waals surface area contributed by atoms with Gasteiger partial charge in [-0.05, 0) is 18.6 Å². The molecule has 5 heteroatoms. The first-order chi connectivity index (χ1) is 7.18. The molecule has 0 saturated carbocycles. The minimum atomic E-state index is -0.189. The molecule has 1 aromatic heterocycles. The third-order valence-corrected chi connectivity index (χ3v) is 2.97. The van der Waals surface area contributed by atoms with E-state index in [0.29, 0.717) is 18.8 Å². The summed E-state index contributed by atoms with van der Waals surface area (Å²) in [5, 5.41) is 0. The number of rotatable bonds is 0. The Bertz CT molecular complexity index is 486. The van der Waals surface area contributed by atoms with E-state index in [0.717, 1.165) is 17.0 Å². The Kier molecular flexibility index (Phi) is 1.56. The molecule has 1 aliphatic carbocycles. The monoisotopic (exact) mass is 204 g/mol. The lowest BCUT2D eigenvalue weighted by molar-refractivity contribution is -0.113. The molecular weight excluding hydrogens is 192 g/mol. The number of Topliss-reactive ketones (excluding diaryl/α,β-unsaturated/α-hetero) is 1. The molecule has 1 aromatic rings. The molecule has 0 radical (unpaired) electrons. The van der Waals surface area contributed by atoms with Crippen molar-refractivity contribution in [1.82, 2.24) is 4.68 Å². The highest BCUT2D eigenvalue weighted by molar-refractivity contribution is 6.47. The van der Waals surface area contributed by atoms with E-state index >= 15 is 0 Å². The normalized spacial score (nSPS) is 23.2. The summed E-state index contributed by atoms with van der Waals surface area (Å²) in [5.74, 6) is 0.0517. The molecule has 3 rings (SSSR count). The topological polar surface area (TPSA) is 72.4 Å². The molecule has 0 amide bonds. The van der Waals surface area contributed by atoms with Gasteiger partial charge in [-0.15, -0.1) is 0 Å². The molecule has 0 spiro atoms. The van der Waals surface area contributed by atoms with Crippen molar-refractivity contribution in [3.63, 3.8) is 0 Å². The first kappa shape index (κ1) is 8.67. The smallest absolute Gasteiger partial charge is 0.184 e. The maximum Gasteiger partial charge on any atom is 0.184 e. The number of hydrogen-bond donors (Lipinski definition) is 2. The number of nitrogens with one attached hydrogen (secondary N) is 1. The number of ketones is 1. The molecule has 1 aliphatic heterocycles. The summed E-state index contributed by atoms with van der Waals surface area (Å²) in [5.41, 5.74) is 12.6. The lowest BCUT2D eigenvalue weighted by Crippen LogP contribution is -2.37. The van der Waals surface area contributed by atoms with Crippen LogP contribution >= 0.6 is 0 Å². The zero-order valence-electron chi connectivity index (χ0n) is 8.45.